The van der Waals surface area contributed by atoms with Gasteiger partial charge in [0.15, 0.2) is 0 Å². The minimum Gasteiger partial charge on any atom is -0.383 e. The molecule has 0 aromatic carbocycles. The van der Waals surface area contributed by atoms with E-state index in [0.717, 1.165) is 26.2 Å². The summed E-state index contributed by atoms with van der Waals surface area (Å²) in [5.74, 6) is 0. The molecule has 1 rings (SSSR count). The minimum atomic E-state index is 0.599. The van der Waals surface area contributed by atoms with E-state index in [1.165, 1.54) is 21.7 Å². The van der Waals surface area contributed by atoms with Crippen LogP contribution in [-0.4, -0.2) is 38.3 Å². The smallest absolute Gasteiger partial charge is 0.0589 e. The van der Waals surface area contributed by atoms with Crippen molar-refractivity contribution in [2.75, 3.05) is 27.3 Å². The molecule has 1 aromatic rings. The first-order valence-electron chi connectivity index (χ1n) is 7.08. The van der Waals surface area contributed by atoms with Crippen LogP contribution in [0.5, 0.6) is 0 Å². The number of methoxy groups -OCH3 is 1. The van der Waals surface area contributed by atoms with Gasteiger partial charge in [0, 0.05) is 42.5 Å². The van der Waals surface area contributed by atoms with Gasteiger partial charge in [-0.25, -0.2) is 0 Å². The second-order valence-corrected chi connectivity index (χ2v) is 6.39. The van der Waals surface area contributed by atoms with Crippen molar-refractivity contribution in [2.24, 2.45) is 0 Å². The topological polar surface area (TPSA) is 24.5 Å². The lowest BCUT2D eigenvalue weighted by Crippen LogP contribution is -2.34. The summed E-state index contributed by atoms with van der Waals surface area (Å²) in [6, 6.07) is 2.95. The van der Waals surface area contributed by atoms with Gasteiger partial charge in [-0.3, -0.25) is 4.90 Å². The third-order valence-corrected chi connectivity index (χ3v) is 4.69. The molecule has 0 aliphatic carbocycles. The lowest BCUT2D eigenvalue weighted by molar-refractivity contribution is 0.118. The second-order valence-electron chi connectivity index (χ2n) is 5.05. The van der Waals surface area contributed by atoms with Crippen LogP contribution < -0.4 is 5.32 Å². The number of rotatable bonds is 9. The van der Waals surface area contributed by atoms with Crippen molar-refractivity contribution in [3.8, 4) is 0 Å². The van der Waals surface area contributed by atoms with Crippen LogP contribution in [0.25, 0.3) is 0 Å². The van der Waals surface area contributed by atoms with Crippen molar-refractivity contribution >= 4 is 11.3 Å². The summed E-state index contributed by atoms with van der Waals surface area (Å²) in [5, 5.41) is 3.22. The van der Waals surface area contributed by atoms with Crippen molar-refractivity contribution in [2.45, 2.75) is 46.3 Å². The molecule has 4 heteroatoms. The Balaban J connectivity index is 2.71. The molecule has 1 heterocycles. The maximum atomic E-state index is 5.23. The van der Waals surface area contributed by atoms with Crippen LogP contribution in [0, 0.1) is 6.92 Å². The molecule has 3 nitrogen and oxygen atoms in total. The summed E-state index contributed by atoms with van der Waals surface area (Å²) < 4.78 is 5.23. The Hall–Kier alpha value is -0.420. The van der Waals surface area contributed by atoms with E-state index in [4.69, 9.17) is 4.74 Å². The first-order chi connectivity index (χ1) is 9.12. The Labute approximate surface area is 122 Å². The number of hydrogen-bond donors (Lipinski definition) is 1. The molecule has 0 radical (unpaired) electrons. The molecule has 1 N–H and O–H groups in total. The van der Waals surface area contributed by atoms with Gasteiger partial charge in [-0.15, -0.1) is 11.3 Å². The highest BCUT2D eigenvalue weighted by Gasteiger charge is 2.15. The van der Waals surface area contributed by atoms with E-state index in [-0.39, 0.29) is 0 Å². The Morgan fingerprint density at radius 2 is 2.21 bits per heavy atom. The predicted octanol–water partition coefficient (Wildman–Crippen LogP) is 3.02. The highest BCUT2D eigenvalue weighted by atomic mass is 32.1. The molecule has 0 saturated carbocycles. The molecule has 0 amide bonds. The summed E-state index contributed by atoms with van der Waals surface area (Å²) >= 11 is 1.90. The van der Waals surface area contributed by atoms with Crippen molar-refractivity contribution in [3.05, 3.63) is 21.4 Å². The van der Waals surface area contributed by atoms with Gasteiger partial charge < -0.3 is 10.1 Å². The zero-order valence-electron chi connectivity index (χ0n) is 13.0. The van der Waals surface area contributed by atoms with Gasteiger partial charge in [-0.05, 0) is 38.9 Å². The summed E-state index contributed by atoms with van der Waals surface area (Å²) in [6.45, 7) is 10.6. The number of aryl methyl sites for hydroxylation is 1. The van der Waals surface area contributed by atoms with Gasteiger partial charge in [0.1, 0.15) is 0 Å². The van der Waals surface area contributed by atoms with E-state index in [9.17, 15) is 0 Å². The van der Waals surface area contributed by atoms with Crippen molar-refractivity contribution < 1.29 is 4.74 Å². The fourth-order valence-electron chi connectivity index (χ4n) is 2.15. The number of thiophene rings is 1. The molecule has 0 fully saturated rings. The third-order valence-electron chi connectivity index (χ3n) is 3.59. The Bertz CT molecular complexity index is 365. The first-order valence-corrected chi connectivity index (χ1v) is 7.89. The molecule has 0 spiro atoms. The quantitative estimate of drug-likeness (QED) is 0.754. The molecule has 1 unspecified atom stereocenters. The van der Waals surface area contributed by atoms with Crippen LogP contribution in [0.3, 0.4) is 0 Å². The van der Waals surface area contributed by atoms with Gasteiger partial charge in [0.05, 0.1) is 6.61 Å². The van der Waals surface area contributed by atoms with Crippen LogP contribution in [0.4, 0.5) is 0 Å². The van der Waals surface area contributed by atoms with E-state index in [1.54, 1.807) is 7.11 Å². The van der Waals surface area contributed by atoms with Gasteiger partial charge in [0.25, 0.3) is 0 Å². The van der Waals surface area contributed by atoms with E-state index >= 15 is 0 Å². The average Bonchev–Trinajstić information content (AvgIpc) is 2.74. The maximum absolute atomic E-state index is 5.23. The van der Waals surface area contributed by atoms with Gasteiger partial charge in [0.2, 0.25) is 0 Å². The van der Waals surface area contributed by atoms with Crippen LogP contribution in [0.15, 0.2) is 6.07 Å². The van der Waals surface area contributed by atoms with Crippen molar-refractivity contribution in [3.63, 3.8) is 0 Å². The fraction of sp³-hybridized carbons (Fsp3) is 0.733. The van der Waals surface area contributed by atoms with E-state index < -0.39 is 0 Å². The summed E-state index contributed by atoms with van der Waals surface area (Å²) in [6.07, 6.45) is 1.18. The zero-order chi connectivity index (χ0) is 14.3. The number of nitrogens with one attached hydrogen (secondary N) is 1. The number of hydrogen-bond acceptors (Lipinski definition) is 4. The summed E-state index contributed by atoms with van der Waals surface area (Å²) in [4.78, 5) is 5.38. The van der Waals surface area contributed by atoms with Gasteiger partial charge >= 0.3 is 0 Å². The molecule has 0 aliphatic heterocycles. The Kier molecular flexibility index (Phi) is 7.61. The number of nitrogens with zero attached hydrogens (tertiary/aromatic N) is 1. The summed E-state index contributed by atoms with van der Waals surface area (Å²) in [7, 11) is 3.77. The molecular weight excluding hydrogens is 256 g/mol. The zero-order valence-corrected chi connectivity index (χ0v) is 13.8. The lowest BCUT2D eigenvalue weighted by Gasteiger charge is -2.28. The standard InChI is InChI=1S/C15H28N2OS/c1-6-12(2)17(7-8-18-5)11-14-9-15(10-16-4)19-13(14)3/h9,12,16H,6-8,10-11H2,1-5H3. The normalized spacial score (nSPS) is 13.2. The molecule has 1 atom stereocenters. The molecule has 19 heavy (non-hydrogen) atoms. The average molecular weight is 284 g/mol. The number of ether oxygens (including phenoxy) is 1. The highest BCUT2D eigenvalue weighted by molar-refractivity contribution is 7.12. The minimum absolute atomic E-state index is 0.599. The predicted molar refractivity (Wildman–Crippen MR) is 83.9 cm³/mol. The molecule has 0 saturated heterocycles. The van der Waals surface area contributed by atoms with Crippen LogP contribution in [0.1, 0.15) is 35.6 Å². The molecule has 1 aromatic heterocycles. The van der Waals surface area contributed by atoms with Crippen LogP contribution in [0.2, 0.25) is 0 Å². The molecule has 110 valence electrons. The van der Waals surface area contributed by atoms with Crippen molar-refractivity contribution in [1.82, 2.24) is 10.2 Å². The lowest BCUT2D eigenvalue weighted by atomic mass is 10.1. The van der Waals surface area contributed by atoms with Crippen LogP contribution >= 0.6 is 11.3 Å². The highest BCUT2D eigenvalue weighted by Crippen LogP contribution is 2.23. The molecule has 0 bridgehead atoms. The van der Waals surface area contributed by atoms with E-state index in [0.29, 0.717) is 6.04 Å². The van der Waals surface area contributed by atoms with Crippen molar-refractivity contribution in [1.29, 1.82) is 0 Å². The first kappa shape index (κ1) is 16.6. The molecule has 0 aliphatic rings. The van der Waals surface area contributed by atoms with Gasteiger partial charge in [-0.1, -0.05) is 6.92 Å². The van der Waals surface area contributed by atoms with E-state index in [2.05, 4.69) is 37.1 Å². The molecular formula is C15H28N2OS. The Morgan fingerprint density at radius 3 is 2.79 bits per heavy atom. The summed E-state index contributed by atoms with van der Waals surface area (Å²) in [5.41, 5.74) is 1.46. The Morgan fingerprint density at radius 1 is 1.47 bits per heavy atom. The largest absolute Gasteiger partial charge is 0.383 e. The van der Waals surface area contributed by atoms with Gasteiger partial charge in [-0.2, -0.15) is 0 Å². The second kappa shape index (κ2) is 8.69. The SMILES string of the molecule is CCC(C)N(CCOC)Cc1cc(CNC)sc1C. The van der Waals surface area contributed by atoms with E-state index in [1.807, 2.05) is 18.4 Å². The maximum Gasteiger partial charge on any atom is 0.0589 e. The van der Waals surface area contributed by atoms with Crippen LogP contribution in [-0.2, 0) is 17.8 Å². The third kappa shape index (κ3) is 5.22. The fourth-order valence-corrected chi connectivity index (χ4v) is 3.21. The monoisotopic (exact) mass is 284 g/mol.